The summed E-state index contributed by atoms with van der Waals surface area (Å²) < 4.78 is 1.18. The van der Waals surface area contributed by atoms with Gasteiger partial charge in [-0.3, -0.25) is 0 Å². The molecular formula is C14H13Br2ClS. The number of rotatable bonds is 5. The van der Waals surface area contributed by atoms with Crippen LogP contribution in [0.25, 0.3) is 0 Å². The normalized spacial score (nSPS) is 12.6. The Hall–Kier alpha value is 0.170. The van der Waals surface area contributed by atoms with Gasteiger partial charge in [0.15, 0.2) is 0 Å². The minimum Gasteiger partial charge on any atom is -0.148 e. The lowest BCUT2D eigenvalue weighted by molar-refractivity contribution is 0.596. The van der Waals surface area contributed by atoms with E-state index in [1.165, 1.54) is 14.9 Å². The third-order valence-corrected chi connectivity index (χ3v) is 5.66. The number of hydrogen-bond acceptors (Lipinski definition) is 1. The summed E-state index contributed by atoms with van der Waals surface area (Å²) in [6.45, 7) is 0. The van der Waals surface area contributed by atoms with E-state index in [9.17, 15) is 0 Å². The number of halogens is 3. The van der Waals surface area contributed by atoms with E-state index in [1.807, 2.05) is 23.5 Å². The van der Waals surface area contributed by atoms with Crippen LogP contribution in [0.2, 0.25) is 5.02 Å². The fourth-order valence-corrected chi connectivity index (χ4v) is 4.03. The topological polar surface area (TPSA) is 0 Å². The fraction of sp³-hybridized carbons (Fsp3) is 0.286. The molecule has 0 saturated heterocycles. The molecular weight excluding hydrogens is 395 g/mol. The molecule has 1 atom stereocenters. The Kier molecular flexibility index (Phi) is 5.74. The Balaban J connectivity index is 1.99. The Labute approximate surface area is 134 Å². The quantitative estimate of drug-likeness (QED) is 0.536. The highest BCUT2D eigenvalue weighted by Gasteiger charge is 2.11. The van der Waals surface area contributed by atoms with Crippen molar-refractivity contribution in [2.24, 2.45) is 5.92 Å². The van der Waals surface area contributed by atoms with Crippen molar-refractivity contribution in [3.63, 3.8) is 0 Å². The van der Waals surface area contributed by atoms with Crippen LogP contribution >= 0.6 is 54.8 Å². The Morgan fingerprint density at radius 3 is 2.44 bits per heavy atom. The van der Waals surface area contributed by atoms with Gasteiger partial charge in [-0.15, -0.1) is 11.3 Å². The maximum Gasteiger partial charge on any atom is 0.0406 e. The zero-order valence-electron chi connectivity index (χ0n) is 9.70. The van der Waals surface area contributed by atoms with E-state index in [4.69, 9.17) is 11.6 Å². The van der Waals surface area contributed by atoms with Crippen LogP contribution in [-0.4, -0.2) is 5.33 Å². The zero-order chi connectivity index (χ0) is 13.0. The van der Waals surface area contributed by atoms with Crippen LogP contribution in [0.4, 0.5) is 0 Å². The summed E-state index contributed by atoms with van der Waals surface area (Å²) in [6, 6.07) is 10.4. The maximum absolute atomic E-state index is 5.90. The monoisotopic (exact) mass is 406 g/mol. The van der Waals surface area contributed by atoms with Crippen LogP contribution in [0.15, 0.2) is 40.2 Å². The first kappa shape index (κ1) is 14.6. The van der Waals surface area contributed by atoms with Crippen molar-refractivity contribution < 1.29 is 0 Å². The van der Waals surface area contributed by atoms with Gasteiger partial charge in [-0.05, 0) is 58.5 Å². The highest BCUT2D eigenvalue weighted by Crippen LogP contribution is 2.25. The maximum atomic E-state index is 5.90. The highest BCUT2D eigenvalue weighted by molar-refractivity contribution is 9.10. The molecule has 0 aliphatic rings. The number of thiophene rings is 1. The van der Waals surface area contributed by atoms with Crippen LogP contribution in [-0.2, 0) is 12.8 Å². The van der Waals surface area contributed by atoms with Crippen LogP contribution in [0.5, 0.6) is 0 Å². The molecule has 0 nitrogen and oxygen atoms in total. The molecule has 2 rings (SSSR count). The Bertz CT molecular complexity index is 493. The van der Waals surface area contributed by atoms with Gasteiger partial charge < -0.3 is 0 Å². The molecule has 0 saturated carbocycles. The van der Waals surface area contributed by atoms with Crippen molar-refractivity contribution in [3.05, 3.63) is 55.6 Å². The molecule has 0 amide bonds. The van der Waals surface area contributed by atoms with Crippen LogP contribution in [0.3, 0.4) is 0 Å². The standard InChI is InChI=1S/C14H13Br2ClS/c15-8-11(6-14-7-12(16)9-18-14)5-10-1-3-13(17)4-2-10/h1-4,7,9,11H,5-6,8H2. The van der Waals surface area contributed by atoms with E-state index in [2.05, 4.69) is 55.4 Å². The molecule has 1 heterocycles. The van der Waals surface area contributed by atoms with Gasteiger partial charge in [0.05, 0.1) is 0 Å². The second-order valence-corrected chi connectivity index (χ2v) is 7.28. The first-order chi connectivity index (χ1) is 8.67. The molecule has 0 aliphatic heterocycles. The van der Waals surface area contributed by atoms with Crippen molar-refractivity contribution in [3.8, 4) is 0 Å². The van der Waals surface area contributed by atoms with Crippen molar-refractivity contribution in [1.82, 2.24) is 0 Å². The second-order valence-electron chi connectivity index (χ2n) is 4.29. The molecule has 0 aliphatic carbocycles. The summed E-state index contributed by atoms with van der Waals surface area (Å²) in [4.78, 5) is 1.43. The Morgan fingerprint density at radius 2 is 1.89 bits per heavy atom. The third kappa shape index (κ3) is 4.37. The summed E-state index contributed by atoms with van der Waals surface area (Å²) in [5.74, 6) is 0.622. The van der Waals surface area contributed by atoms with Gasteiger partial charge >= 0.3 is 0 Å². The summed E-state index contributed by atoms with van der Waals surface area (Å²) in [6.07, 6.45) is 2.20. The molecule has 0 radical (unpaired) electrons. The first-order valence-electron chi connectivity index (χ1n) is 5.70. The van der Waals surface area contributed by atoms with E-state index in [-0.39, 0.29) is 0 Å². The number of hydrogen-bond donors (Lipinski definition) is 0. The molecule has 2 aromatic rings. The lowest BCUT2D eigenvalue weighted by Gasteiger charge is -2.13. The van der Waals surface area contributed by atoms with Gasteiger partial charge in [0, 0.05) is 25.1 Å². The van der Waals surface area contributed by atoms with E-state index in [0.717, 1.165) is 23.2 Å². The van der Waals surface area contributed by atoms with Crippen LogP contribution in [0, 0.1) is 5.92 Å². The smallest absolute Gasteiger partial charge is 0.0406 e. The molecule has 4 heteroatoms. The number of alkyl halides is 1. The minimum absolute atomic E-state index is 0.622. The Morgan fingerprint density at radius 1 is 1.17 bits per heavy atom. The van der Waals surface area contributed by atoms with Gasteiger partial charge in [-0.25, -0.2) is 0 Å². The molecule has 18 heavy (non-hydrogen) atoms. The van der Waals surface area contributed by atoms with Crippen LogP contribution in [0.1, 0.15) is 10.4 Å². The lowest BCUT2D eigenvalue weighted by Crippen LogP contribution is -2.09. The average Bonchev–Trinajstić information content (AvgIpc) is 2.77. The van der Waals surface area contributed by atoms with Crippen LogP contribution < -0.4 is 0 Å². The summed E-state index contributed by atoms with van der Waals surface area (Å²) in [5, 5.41) is 3.96. The van der Waals surface area contributed by atoms with E-state index in [1.54, 1.807) is 0 Å². The first-order valence-corrected chi connectivity index (χ1v) is 8.88. The van der Waals surface area contributed by atoms with Gasteiger partial charge in [0.2, 0.25) is 0 Å². The van der Waals surface area contributed by atoms with Crippen molar-refractivity contribution >= 4 is 54.8 Å². The van der Waals surface area contributed by atoms with E-state index in [0.29, 0.717) is 5.92 Å². The zero-order valence-corrected chi connectivity index (χ0v) is 14.4. The van der Waals surface area contributed by atoms with Gasteiger partial charge in [-0.2, -0.15) is 0 Å². The molecule has 1 unspecified atom stereocenters. The summed E-state index contributed by atoms with van der Waals surface area (Å²) in [5.41, 5.74) is 1.35. The molecule has 1 aromatic carbocycles. The molecule has 0 fully saturated rings. The predicted molar refractivity (Wildman–Crippen MR) is 88.2 cm³/mol. The minimum atomic E-state index is 0.622. The van der Waals surface area contributed by atoms with E-state index < -0.39 is 0 Å². The fourth-order valence-electron chi connectivity index (χ4n) is 1.88. The molecule has 0 spiro atoms. The third-order valence-electron chi connectivity index (χ3n) is 2.77. The van der Waals surface area contributed by atoms with E-state index >= 15 is 0 Å². The molecule has 0 N–H and O–H groups in total. The largest absolute Gasteiger partial charge is 0.148 e. The molecule has 96 valence electrons. The van der Waals surface area contributed by atoms with Gasteiger partial charge in [0.1, 0.15) is 0 Å². The van der Waals surface area contributed by atoms with Crippen molar-refractivity contribution in [2.75, 3.05) is 5.33 Å². The lowest BCUT2D eigenvalue weighted by atomic mass is 9.97. The predicted octanol–water partition coefficient (Wildman–Crippen LogP) is 5.96. The van der Waals surface area contributed by atoms with Gasteiger partial charge in [0.25, 0.3) is 0 Å². The average molecular weight is 409 g/mol. The number of benzene rings is 1. The highest BCUT2D eigenvalue weighted by atomic mass is 79.9. The second kappa shape index (κ2) is 7.09. The summed E-state index contributed by atoms with van der Waals surface area (Å²) in [7, 11) is 0. The molecule has 1 aromatic heterocycles. The summed E-state index contributed by atoms with van der Waals surface area (Å²) >= 11 is 14.8. The van der Waals surface area contributed by atoms with Crippen molar-refractivity contribution in [1.29, 1.82) is 0 Å². The SMILES string of the molecule is Clc1ccc(CC(CBr)Cc2cc(Br)cs2)cc1. The van der Waals surface area contributed by atoms with Crippen molar-refractivity contribution in [2.45, 2.75) is 12.8 Å². The molecule has 0 bridgehead atoms. The van der Waals surface area contributed by atoms with Gasteiger partial charge in [-0.1, -0.05) is 39.7 Å².